The van der Waals surface area contributed by atoms with Crippen molar-refractivity contribution in [2.24, 2.45) is 5.92 Å². The van der Waals surface area contributed by atoms with E-state index >= 15 is 0 Å². The van der Waals surface area contributed by atoms with Crippen molar-refractivity contribution in [1.29, 1.82) is 0 Å². The Labute approximate surface area is 174 Å². The molecule has 3 rings (SSSR count). The predicted molar refractivity (Wildman–Crippen MR) is 112 cm³/mol. The number of benzene rings is 2. The van der Waals surface area contributed by atoms with Crippen molar-refractivity contribution in [3.8, 4) is 17.1 Å². The number of rotatable bonds is 8. The molecule has 2 aromatic carbocycles. The summed E-state index contributed by atoms with van der Waals surface area (Å²) in [5.74, 6) is 2.40. The van der Waals surface area contributed by atoms with E-state index in [4.69, 9.17) is 16.3 Å². The van der Waals surface area contributed by atoms with Crippen LogP contribution in [0.15, 0.2) is 47.6 Å². The largest absolute Gasteiger partial charge is 0.493 e. The van der Waals surface area contributed by atoms with E-state index in [9.17, 15) is 4.39 Å². The van der Waals surface area contributed by atoms with Crippen LogP contribution in [0.1, 0.15) is 26.3 Å². The summed E-state index contributed by atoms with van der Waals surface area (Å²) in [4.78, 5) is 0. The molecule has 3 aromatic rings. The van der Waals surface area contributed by atoms with Crippen LogP contribution in [0.2, 0.25) is 5.02 Å². The Morgan fingerprint density at radius 3 is 2.54 bits per heavy atom. The van der Waals surface area contributed by atoms with Crippen molar-refractivity contribution in [1.82, 2.24) is 14.8 Å². The molecule has 4 nitrogen and oxygen atoms in total. The molecule has 0 unspecified atom stereocenters. The van der Waals surface area contributed by atoms with Gasteiger partial charge in [-0.05, 0) is 54.8 Å². The molecule has 0 N–H and O–H groups in total. The fourth-order valence-electron chi connectivity index (χ4n) is 2.64. The van der Waals surface area contributed by atoms with Crippen LogP contribution < -0.4 is 4.74 Å². The predicted octanol–water partition coefficient (Wildman–Crippen LogP) is 6.08. The Kier molecular flexibility index (Phi) is 6.97. The zero-order valence-electron chi connectivity index (χ0n) is 16.2. The normalized spacial score (nSPS) is 11.2. The van der Waals surface area contributed by atoms with Gasteiger partial charge in [0.25, 0.3) is 0 Å². The third kappa shape index (κ3) is 5.06. The maximum Gasteiger partial charge on any atom is 0.191 e. The smallest absolute Gasteiger partial charge is 0.191 e. The monoisotopic (exact) mass is 419 g/mol. The first-order valence-corrected chi connectivity index (χ1v) is 10.6. The van der Waals surface area contributed by atoms with Crippen molar-refractivity contribution in [3.63, 3.8) is 0 Å². The Morgan fingerprint density at radius 2 is 1.89 bits per heavy atom. The minimum atomic E-state index is -0.335. The average molecular weight is 420 g/mol. The summed E-state index contributed by atoms with van der Waals surface area (Å²) >= 11 is 7.65. The van der Waals surface area contributed by atoms with Crippen molar-refractivity contribution < 1.29 is 9.13 Å². The lowest BCUT2D eigenvalue weighted by atomic mass is 10.2. The maximum atomic E-state index is 13.2. The van der Waals surface area contributed by atoms with Gasteiger partial charge in [0.2, 0.25) is 0 Å². The zero-order chi connectivity index (χ0) is 20.1. The van der Waals surface area contributed by atoms with Gasteiger partial charge in [0.1, 0.15) is 11.6 Å². The quantitative estimate of drug-likeness (QED) is 0.414. The maximum absolute atomic E-state index is 13.2. The number of halogens is 2. The van der Waals surface area contributed by atoms with Crippen LogP contribution in [0.5, 0.6) is 5.75 Å². The van der Waals surface area contributed by atoms with E-state index < -0.39 is 0 Å². The van der Waals surface area contributed by atoms with Gasteiger partial charge in [-0.3, -0.25) is 0 Å². The summed E-state index contributed by atoms with van der Waals surface area (Å²) in [6.45, 7) is 7.74. The van der Waals surface area contributed by atoms with Gasteiger partial charge in [0.15, 0.2) is 11.0 Å². The molecule has 7 heteroatoms. The summed E-state index contributed by atoms with van der Waals surface area (Å²) in [7, 11) is 0. The molecule has 1 aromatic heterocycles. The van der Waals surface area contributed by atoms with Gasteiger partial charge in [-0.25, -0.2) is 4.39 Å². The molecule has 0 saturated heterocycles. The molecule has 0 atom stereocenters. The van der Waals surface area contributed by atoms with Crippen LogP contribution in [0, 0.1) is 11.7 Å². The molecular weight excluding hydrogens is 397 g/mol. The lowest BCUT2D eigenvalue weighted by molar-refractivity contribution is 0.271. The van der Waals surface area contributed by atoms with E-state index in [1.165, 1.54) is 23.9 Å². The van der Waals surface area contributed by atoms with E-state index in [2.05, 4.69) is 35.5 Å². The van der Waals surface area contributed by atoms with Crippen LogP contribution in [0.25, 0.3) is 11.4 Å². The Morgan fingerprint density at radius 1 is 1.14 bits per heavy atom. The molecule has 0 spiro atoms. The molecule has 0 aliphatic rings. The fraction of sp³-hybridized carbons (Fsp3) is 0.333. The van der Waals surface area contributed by atoms with Crippen LogP contribution in [0.4, 0.5) is 4.39 Å². The summed E-state index contributed by atoms with van der Waals surface area (Å²) in [5.41, 5.74) is 1.85. The average Bonchev–Trinajstić information content (AvgIpc) is 3.09. The fourth-order valence-corrected chi connectivity index (χ4v) is 3.96. The van der Waals surface area contributed by atoms with Crippen LogP contribution in [-0.4, -0.2) is 21.4 Å². The number of aromatic nitrogens is 3. The van der Waals surface area contributed by atoms with E-state index in [-0.39, 0.29) is 5.82 Å². The first-order chi connectivity index (χ1) is 13.5. The number of hydrogen-bond acceptors (Lipinski definition) is 4. The molecule has 0 aliphatic heterocycles. The van der Waals surface area contributed by atoms with Crippen molar-refractivity contribution in [3.05, 3.63) is 58.9 Å². The molecule has 0 saturated carbocycles. The molecule has 28 heavy (non-hydrogen) atoms. The molecule has 0 amide bonds. The van der Waals surface area contributed by atoms with Gasteiger partial charge in [0, 0.05) is 22.9 Å². The number of thioether (sulfide) groups is 1. The van der Waals surface area contributed by atoms with Gasteiger partial charge >= 0.3 is 0 Å². The number of nitrogens with zero attached hydrogens (tertiary/aromatic N) is 3. The Hall–Kier alpha value is -2.05. The van der Waals surface area contributed by atoms with Gasteiger partial charge < -0.3 is 9.30 Å². The second kappa shape index (κ2) is 9.43. The highest BCUT2D eigenvalue weighted by atomic mass is 35.5. The third-order valence-electron chi connectivity index (χ3n) is 4.10. The first kappa shape index (κ1) is 20.7. The minimum absolute atomic E-state index is 0.335. The van der Waals surface area contributed by atoms with Gasteiger partial charge in [0.05, 0.1) is 6.61 Å². The van der Waals surface area contributed by atoms with Gasteiger partial charge in [-0.2, -0.15) is 0 Å². The first-order valence-electron chi connectivity index (χ1n) is 9.21. The van der Waals surface area contributed by atoms with E-state index in [1.54, 1.807) is 6.07 Å². The molecule has 0 aliphatic carbocycles. The Bertz CT molecular complexity index is 928. The van der Waals surface area contributed by atoms with Crippen molar-refractivity contribution in [2.75, 3.05) is 6.61 Å². The van der Waals surface area contributed by atoms with Crippen molar-refractivity contribution in [2.45, 2.75) is 38.2 Å². The van der Waals surface area contributed by atoms with Gasteiger partial charge in [-0.15, -0.1) is 10.2 Å². The SMILES string of the molecule is CCn1c(SCc2ccc(F)cc2Cl)nnc1-c1ccc(OCC(C)C)cc1. The standard InChI is InChI=1S/C21H23ClFN3OS/c1-4-26-20(15-6-9-18(10-7-15)27-12-14(2)3)24-25-21(26)28-13-16-5-8-17(23)11-19(16)22/h5-11,14H,4,12-13H2,1-3H3. The van der Waals surface area contributed by atoms with Crippen LogP contribution in [-0.2, 0) is 12.3 Å². The third-order valence-corrected chi connectivity index (χ3v) is 5.47. The zero-order valence-corrected chi connectivity index (χ0v) is 17.7. The highest BCUT2D eigenvalue weighted by molar-refractivity contribution is 7.98. The molecule has 0 fully saturated rings. The Balaban J connectivity index is 1.74. The number of ether oxygens (including phenoxy) is 1. The lowest BCUT2D eigenvalue weighted by Crippen LogP contribution is -2.04. The number of hydrogen-bond donors (Lipinski definition) is 0. The lowest BCUT2D eigenvalue weighted by Gasteiger charge is -2.10. The van der Waals surface area contributed by atoms with Crippen molar-refractivity contribution >= 4 is 23.4 Å². The topological polar surface area (TPSA) is 39.9 Å². The van der Waals surface area contributed by atoms with E-state index in [0.29, 0.717) is 23.3 Å². The molecule has 1 heterocycles. The summed E-state index contributed by atoms with van der Waals surface area (Å²) in [5, 5.41) is 9.93. The summed E-state index contributed by atoms with van der Waals surface area (Å²) in [6, 6.07) is 12.4. The second-order valence-electron chi connectivity index (χ2n) is 6.80. The summed E-state index contributed by atoms with van der Waals surface area (Å²) < 4.78 is 21.0. The molecule has 148 valence electrons. The molecule has 0 radical (unpaired) electrons. The van der Waals surface area contributed by atoms with E-state index in [0.717, 1.165) is 34.4 Å². The second-order valence-corrected chi connectivity index (χ2v) is 8.15. The highest BCUT2D eigenvalue weighted by Crippen LogP contribution is 2.29. The van der Waals surface area contributed by atoms with Crippen LogP contribution >= 0.6 is 23.4 Å². The summed E-state index contributed by atoms with van der Waals surface area (Å²) in [6.07, 6.45) is 0. The van der Waals surface area contributed by atoms with Crippen LogP contribution in [0.3, 0.4) is 0 Å². The molecule has 0 bridgehead atoms. The van der Waals surface area contributed by atoms with Gasteiger partial charge in [-0.1, -0.05) is 43.3 Å². The van der Waals surface area contributed by atoms with E-state index in [1.807, 2.05) is 24.3 Å². The minimum Gasteiger partial charge on any atom is -0.493 e. The highest BCUT2D eigenvalue weighted by Gasteiger charge is 2.14. The molecular formula is C21H23ClFN3OS.